The molecule has 0 atom stereocenters. The molecule has 0 aliphatic heterocycles. The Kier molecular flexibility index (Phi) is 3.28. The standard InChI is InChI=1S/C14H18O2/c1-10(2)11-5-7-13(8-6-11)16-9-14(15)12-3-4-12/h5-8,10,12H,3-4,9H2,1-2H3. The van der Waals surface area contributed by atoms with Crippen molar-refractivity contribution in [1.82, 2.24) is 0 Å². The summed E-state index contributed by atoms with van der Waals surface area (Å²) in [4.78, 5) is 11.4. The van der Waals surface area contributed by atoms with E-state index in [1.165, 1.54) is 5.56 Å². The largest absolute Gasteiger partial charge is 0.486 e. The van der Waals surface area contributed by atoms with Gasteiger partial charge in [0.1, 0.15) is 12.4 Å². The first-order chi connectivity index (χ1) is 7.66. The van der Waals surface area contributed by atoms with E-state index in [1.54, 1.807) is 0 Å². The SMILES string of the molecule is CC(C)c1ccc(OCC(=O)C2CC2)cc1. The van der Waals surface area contributed by atoms with E-state index in [9.17, 15) is 4.79 Å². The van der Waals surface area contributed by atoms with Crippen molar-refractivity contribution in [2.75, 3.05) is 6.61 Å². The lowest BCUT2D eigenvalue weighted by Gasteiger charge is -2.08. The number of ether oxygens (including phenoxy) is 1. The van der Waals surface area contributed by atoms with E-state index >= 15 is 0 Å². The zero-order valence-electron chi connectivity index (χ0n) is 9.90. The molecule has 0 spiro atoms. The highest BCUT2D eigenvalue weighted by Gasteiger charge is 2.29. The lowest BCUT2D eigenvalue weighted by Crippen LogP contribution is -2.12. The molecular weight excluding hydrogens is 200 g/mol. The summed E-state index contributed by atoms with van der Waals surface area (Å²) >= 11 is 0. The minimum Gasteiger partial charge on any atom is -0.486 e. The van der Waals surface area contributed by atoms with E-state index in [4.69, 9.17) is 4.74 Å². The second-order valence-corrected chi connectivity index (χ2v) is 4.75. The predicted molar refractivity (Wildman–Crippen MR) is 63.8 cm³/mol. The van der Waals surface area contributed by atoms with Crippen molar-refractivity contribution in [3.8, 4) is 5.75 Å². The molecule has 0 radical (unpaired) electrons. The molecule has 0 saturated heterocycles. The number of hydrogen-bond acceptors (Lipinski definition) is 2. The average Bonchev–Trinajstić information content (AvgIpc) is 3.10. The van der Waals surface area contributed by atoms with Crippen LogP contribution in [0.5, 0.6) is 5.75 Å². The first-order valence-electron chi connectivity index (χ1n) is 5.92. The van der Waals surface area contributed by atoms with Crippen molar-refractivity contribution >= 4 is 5.78 Å². The van der Waals surface area contributed by atoms with Crippen molar-refractivity contribution in [2.45, 2.75) is 32.6 Å². The van der Waals surface area contributed by atoms with Crippen molar-refractivity contribution in [1.29, 1.82) is 0 Å². The lowest BCUT2D eigenvalue weighted by atomic mass is 10.0. The van der Waals surface area contributed by atoms with Gasteiger partial charge in [0.05, 0.1) is 0 Å². The first-order valence-corrected chi connectivity index (χ1v) is 5.92. The van der Waals surface area contributed by atoms with Crippen LogP contribution in [0.1, 0.15) is 38.2 Å². The summed E-state index contributed by atoms with van der Waals surface area (Å²) in [6.45, 7) is 4.55. The van der Waals surface area contributed by atoms with E-state index in [1.807, 2.05) is 12.1 Å². The van der Waals surface area contributed by atoms with Crippen LogP contribution in [0.25, 0.3) is 0 Å². The quantitative estimate of drug-likeness (QED) is 0.758. The molecule has 0 unspecified atom stereocenters. The third kappa shape index (κ3) is 2.84. The highest BCUT2D eigenvalue weighted by Crippen LogP contribution is 2.30. The van der Waals surface area contributed by atoms with E-state index in [2.05, 4.69) is 26.0 Å². The van der Waals surface area contributed by atoms with Crippen molar-refractivity contribution < 1.29 is 9.53 Å². The summed E-state index contributed by atoms with van der Waals surface area (Å²) < 4.78 is 5.45. The topological polar surface area (TPSA) is 26.3 Å². The second-order valence-electron chi connectivity index (χ2n) is 4.75. The fourth-order valence-electron chi connectivity index (χ4n) is 1.63. The third-order valence-electron chi connectivity index (χ3n) is 2.96. The zero-order valence-corrected chi connectivity index (χ0v) is 9.90. The Morgan fingerprint density at radius 1 is 1.31 bits per heavy atom. The zero-order chi connectivity index (χ0) is 11.5. The molecule has 86 valence electrons. The highest BCUT2D eigenvalue weighted by molar-refractivity contribution is 5.84. The molecule has 1 aromatic rings. The summed E-state index contributed by atoms with van der Waals surface area (Å²) in [7, 11) is 0. The van der Waals surface area contributed by atoms with E-state index in [0.717, 1.165) is 18.6 Å². The molecule has 2 rings (SSSR count). The molecular formula is C14H18O2. The van der Waals surface area contributed by atoms with Crippen molar-refractivity contribution in [2.24, 2.45) is 5.92 Å². The number of hydrogen-bond donors (Lipinski definition) is 0. The van der Waals surface area contributed by atoms with Crippen LogP contribution in [0, 0.1) is 5.92 Å². The van der Waals surface area contributed by atoms with Crippen LogP contribution in [0.2, 0.25) is 0 Å². The Labute approximate surface area is 96.6 Å². The molecule has 0 amide bonds. The predicted octanol–water partition coefficient (Wildman–Crippen LogP) is 3.17. The maximum atomic E-state index is 11.4. The lowest BCUT2D eigenvalue weighted by molar-refractivity contribution is -0.122. The molecule has 1 fully saturated rings. The smallest absolute Gasteiger partial charge is 0.173 e. The Hall–Kier alpha value is -1.31. The summed E-state index contributed by atoms with van der Waals surface area (Å²) in [5.74, 6) is 1.85. The number of benzene rings is 1. The molecule has 0 N–H and O–H groups in total. The van der Waals surface area contributed by atoms with Gasteiger partial charge in [-0.05, 0) is 36.5 Å². The fourth-order valence-corrected chi connectivity index (χ4v) is 1.63. The summed E-state index contributed by atoms with van der Waals surface area (Å²) in [6, 6.07) is 7.99. The van der Waals surface area contributed by atoms with Gasteiger partial charge >= 0.3 is 0 Å². The Morgan fingerprint density at radius 3 is 2.44 bits per heavy atom. The van der Waals surface area contributed by atoms with Gasteiger partial charge in [-0.25, -0.2) is 0 Å². The number of ketones is 1. The maximum Gasteiger partial charge on any atom is 0.173 e. The van der Waals surface area contributed by atoms with E-state index < -0.39 is 0 Å². The summed E-state index contributed by atoms with van der Waals surface area (Å²) in [5.41, 5.74) is 1.29. The minimum absolute atomic E-state index is 0.228. The molecule has 16 heavy (non-hydrogen) atoms. The van der Waals surface area contributed by atoms with Crippen LogP contribution in [0.15, 0.2) is 24.3 Å². The molecule has 0 bridgehead atoms. The normalized spacial score (nSPS) is 15.2. The number of rotatable bonds is 5. The molecule has 0 heterocycles. The van der Waals surface area contributed by atoms with Crippen molar-refractivity contribution in [3.63, 3.8) is 0 Å². The third-order valence-corrected chi connectivity index (χ3v) is 2.96. The molecule has 0 aromatic heterocycles. The highest BCUT2D eigenvalue weighted by atomic mass is 16.5. The fraction of sp³-hybridized carbons (Fsp3) is 0.500. The van der Waals surface area contributed by atoms with Crippen LogP contribution in [0.4, 0.5) is 0 Å². The van der Waals surface area contributed by atoms with Crippen LogP contribution in [-0.2, 0) is 4.79 Å². The molecule has 1 saturated carbocycles. The van der Waals surface area contributed by atoms with Gasteiger partial charge in [0.2, 0.25) is 0 Å². The summed E-state index contributed by atoms with van der Waals surface area (Å²) in [6.07, 6.45) is 2.10. The number of carbonyl (C=O) groups excluding carboxylic acids is 1. The maximum absolute atomic E-state index is 11.4. The second kappa shape index (κ2) is 4.69. The number of Topliss-reactive ketones (excluding diaryl/α,β-unsaturated/α-hetero) is 1. The van der Waals surface area contributed by atoms with Gasteiger partial charge < -0.3 is 4.74 Å². The van der Waals surface area contributed by atoms with Crippen LogP contribution in [-0.4, -0.2) is 12.4 Å². The van der Waals surface area contributed by atoms with E-state index in [-0.39, 0.29) is 18.3 Å². The van der Waals surface area contributed by atoms with Gasteiger partial charge in [-0.2, -0.15) is 0 Å². The van der Waals surface area contributed by atoms with Gasteiger partial charge in [0.25, 0.3) is 0 Å². The van der Waals surface area contributed by atoms with Gasteiger partial charge in [-0.1, -0.05) is 26.0 Å². The molecule has 2 heteroatoms. The Morgan fingerprint density at radius 2 is 1.94 bits per heavy atom. The Balaban J connectivity index is 1.87. The van der Waals surface area contributed by atoms with Gasteiger partial charge in [-0.3, -0.25) is 4.79 Å². The van der Waals surface area contributed by atoms with Gasteiger partial charge in [0, 0.05) is 5.92 Å². The van der Waals surface area contributed by atoms with Gasteiger partial charge in [-0.15, -0.1) is 0 Å². The van der Waals surface area contributed by atoms with E-state index in [0.29, 0.717) is 5.92 Å². The first kappa shape index (κ1) is 11.2. The number of carbonyl (C=O) groups is 1. The monoisotopic (exact) mass is 218 g/mol. The van der Waals surface area contributed by atoms with Gasteiger partial charge in [0.15, 0.2) is 5.78 Å². The van der Waals surface area contributed by atoms with Crippen molar-refractivity contribution in [3.05, 3.63) is 29.8 Å². The average molecular weight is 218 g/mol. The molecule has 1 aromatic carbocycles. The molecule has 1 aliphatic carbocycles. The molecule has 1 aliphatic rings. The summed E-state index contributed by atoms with van der Waals surface area (Å²) in [5, 5.41) is 0. The van der Waals surface area contributed by atoms with Crippen LogP contribution < -0.4 is 4.74 Å². The minimum atomic E-state index is 0.228. The Bertz CT molecular complexity index is 361. The molecule has 2 nitrogen and oxygen atoms in total. The van der Waals surface area contributed by atoms with Crippen LogP contribution in [0.3, 0.4) is 0 Å². The van der Waals surface area contributed by atoms with Crippen LogP contribution >= 0.6 is 0 Å².